The van der Waals surface area contributed by atoms with Crippen LogP contribution in [0.5, 0.6) is 11.5 Å². The van der Waals surface area contributed by atoms with Crippen molar-refractivity contribution < 1.29 is 10.2 Å². The first kappa shape index (κ1) is 23.1. The van der Waals surface area contributed by atoms with E-state index in [1.807, 2.05) is 12.1 Å². The molecule has 1 saturated heterocycles. The molecule has 5 rings (SSSR count). The quantitative estimate of drug-likeness (QED) is 0.178. The zero-order valence-corrected chi connectivity index (χ0v) is 22.2. The second kappa shape index (κ2) is 9.88. The summed E-state index contributed by atoms with van der Waals surface area (Å²) in [5, 5.41) is 30.9. The molecule has 33 heavy (non-hydrogen) atoms. The maximum absolute atomic E-state index is 10.1. The van der Waals surface area contributed by atoms with E-state index in [0.717, 1.165) is 67.6 Å². The van der Waals surface area contributed by atoms with Gasteiger partial charge in [0.1, 0.15) is 22.5 Å². The number of phenolic OH excluding ortho intramolecular Hbond substituents is 2. The fraction of sp³-hybridized carbons (Fsp3) is 0.333. The minimum atomic E-state index is 0.189. The number of thiazole rings is 2. The summed E-state index contributed by atoms with van der Waals surface area (Å²) in [6, 6.07) is 7.64. The molecule has 4 aromatic rings. The summed E-state index contributed by atoms with van der Waals surface area (Å²) < 4.78 is 3.61. The Labute approximate surface area is 215 Å². The van der Waals surface area contributed by atoms with Crippen LogP contribution in [0.25, 0.3) is 20.4 Å². The lowest BCUT2D eigenvalue weighted by molar-refractivity contribution is 0.151. The van der Waals surface area contributed by atoms with Crippen molar-refractivity contribution in [2.45, 2.75) is 18.9 Å². The number of hydrazine groups is 1. The molecule has 0 spiro atoms. The first-order valence-electron chi connectivity index (χ1n) is 10.5. The van der Waals surface area contributed by atoms with Crippen LogP contribution in [-0.4, -0.2) is 57.4 Å². The van der Waals surface area contributed by atoms with Gasteiger partial charge >= 0.3 is 0 Å². The van der Waals surface area contributed by atoms with E-state index >= 15 is 0 Å². The van der Waals surface area contributed by atoms with Crippen molar-refractivity contribution in [2.24, 2.45) is 0 Å². The SMILES string of the molecule is Oc1cc(Br)cc2sc(NCCNN3CCC(Nc4nc5c(O)cc(Br)cc5s4)CC3)nc12. The summed E-state index contributed by atoms with van der Waals surface area (Å²) in [6.45, 7) is 3.42. The molecule has 1 aliphatic heterocycles. The lowest BCUT2D eigenvalue weighted by Crippen LogP contribution is -2.47. The van der Waals surface area contributed by atoms with Gasteiger partial charge in [-0.15, -0.1) is 0 Å². The molecule has 2 aromatic heterocycles. The normalized spacial score (nSPS) is 15.5. The second-order valence-corrected chi connectivity index (χ2v) is 11.7. The van der Waals surface area contributed by atoms with Gasteiger partial charge in [0.15, 0.2) is 10.3 Å². The molecule has 0 radical (unpaired) electrons. The average Bonchev–Trinajstić information content (AvgIpc) is 3.36. The number of anilines is 2. The number of nitrogens with zero attached hydrogens (tertiary/aromatic N) is 3. The largest absolute Gasteiger partial charge is 0.506 e. The first-order valence-corrected chi connectivity index (χ1v) is 13.7. The van der Waals surface area contributed by atoms with Crippen LogP contribution < -0.4 is 16.1 Å². The van der Waals surface area contributed by atoms with Gasteiger partial charge in [-0.1, -0.05) is 54.5 Å². The lowest BCUT2D eigenvalue weighted by atomic mass is 10.1. The zero-order valence-electron chi connectivity index (χ0n) is 17.4. The van der Waals surface area contributed by atoms with Crippen LogP contribution in [0.3, 0.4) is 0 Å². The van der Waals surface area contributed by atoms with Crippen molar-refractivity contribution in [3.63, 3.8) is 0 Å². The van der Waals surface area contributed by atoms with Crippen LogP contribution in [0.4, 0.5) is 10.3 Å². The molecule has 0 atom stereocenters. The molecule has 8 nitrogen and oxygen atoms in total. The van der Waals surface area contributed by atoms with Crippen LogP contribution in [-0.2, 0) is 0 Å². The third-order valence-corrected chi connectivity index (χ3v) is 8.25. The Morgan fingerprint density at radius 2 is 1.45 bits per heavy atom. The van der Waals surface area contributed by atoms with Gasteiger partial charge in [-0.2, -0.15) is 0 Å². The second-order valence-electron chi connectivity index (χ2n) is 7.82. The van der Waals surface area contributed by atoms with Gasteiger partial charge in [-0.3, -0.25) is 5.43 Å². The number of hydrogen-bond acceptors (Lipinski definition) is 10. The third kappa shape index (κ3) is 5.36. The van der Waals surface area contributed by atoms with Crippen molar-refractivity contribution in [3.05, 3.63) is 33.2 Å². The average molecular weight is 614 g/mol. The highest BCUT2D eigenvalue weighted by Gasteiger charge is 2.20. The molecular formula is C21H22Br2N6O2S2. The van der Waals surface area contributed by atoms with Crippen LogP contribution in [0.2, 0.25) is 0 Å². The number of phenols is 2. The van der Waals surface area contributed by atoms with E-state index in [2.05, 4.69) is 62.9 Å². The molecule has 1 fully saturated rings. The van der Waals surface area contributed by atoms with Gasteiger partial charge in [0.05, 0.1) is 9.40 Å². The maximum Gasteiger partial charge on any atom is 0.184 e. The molecule has 3 heterocycles. The number of hydrogen-bond donors (Lipinski definition) is 5. The maximum atomic E-state index is 10.1. The van der Waals surface area contributed by atoms with Crippen molar-refractivity contribution in [2.75, 3.05) is 36.8 Å². The summed E-state index contributed by atoms with van der Waals surface area (Å²) in [7, 11) is 0. The molecule has 2 aromatic carbocycles. The van der Waals surface area contributed by atoms with E-state index in [9.17, 15) is 10.2 Å². The fourth-order valence-corrected chi connectivity index (χ4v) is 6.99. The van der Waals surface area contributed by atoms with Gasteiger partial charge in [-0.05, 0) is 37.1 Å². The minimum absolute atomic E-state index is 0.189. The molecule has 174 valence electrons. The van der Waals surface area contributed by atoms with Gasteiger partial charge in [0.2, 0.25) is 0 Å². The molecule has 0 aliphatic carbocycles. The Kier molecular flexibility index (Phi) is 6.91. The zero-order chi connectivity index (χ0) is 22.9. The Morgan fingerprint density at radius 1 is 0.879 bits per heavy atom. The molecule has 12 heteroatoms. The van der Waals surface area contributed by atoms with E-state index in [4.69, 9.17) is 0 Å². The Balaban J connectivity index is 1.06. The number of aromatic nitrogens is 2. The molecular weight excluding hydrogens is 592 g/mol. The minimum Gasteiger partial charge on any atom is -0.506 e. The third-order valence-electron chi connectivity index (χ3n) is 5.44. The standard InChI is InChI=1S/C21H22Br2N6O2S2/c22-11-7-14(30)18-16(9-11)32-20(27-18)24-3-4-25-29-5-1-13(2-6-29)26-21-28-19-15(31)8-12(23)10-17(19)33-21/h7-10,13,25,30-31H,1-6H2,(H,24,27)(H,26,28). The monoisotopic (exact) mass is 612 g/mol. The Hall–Kier alpha value is -1.70. The highest BCUT2D eigenvalue weighted by atomic mass is 79.9. The summed E-state index contributed by atoms with van der Waals surface area (Å²) in [6.07, 6.45) is 2.02. The smallest absolute Gasteiger partial charge is 0.184 e. The van der Waals surface area contributed by atoms with Gasteiger partial charge in [0.25, 0.3) is 0 Å². The predicted molar refractivity (Wildman–Crippen MR) is 143 cm³/mol. The van der Waals surface area contributed by atoms with E-state index < -0.39 is 0 Å². The number of fused-ring (bicyclic) bond motifs is 2. The van der Waals surface area contributed by atoms with E-state index in [0.29, 0.717) is 17.1 Å². The number of aromatic hydroxyl groups is 2. The van der Waals surface area contributed by atoms with Crippen LogP contribution in [0.15, 0.2) is 33.2 Å². The lowest BCUT2D eigenvalue weighted by Gasteiger charge is -2.32. The Bertz CT molecular complexity index is 1290. The molecule has 0 unspecified atom stereocenters. The van der Waals surface area contributed by atoms with Gasteiger partial charge in [0, 0.05) is 41.2 Å². The van der Waals surface area contributed by atoms with E-state index in [-0.39, 0.29) is 11.5 Å². The van der Waals surface area contributed by atoms with Crippen molar-refractivity contribution in [1.82, 2.24) is 20.4 Å². The number of rotatable bonds is 7. The molecule has 5 N–H and O–H groups in total. The summed E-state index contributed by atoms with van der Waals surface area (Å²) in [5.41, 5.74) is 4.75. The topological polar surface area (TPSA) is 106 Å². The highest BCUT2D eigenvalue weighted by molar-refractivity contribution is 9.10. The van der Waals surface area contributed by atoms with E-state index in [1.54, 1.807) is 23.5 Å². The predicted octanol–water partition coefficient (Wildman–Crippen LogP) is 5.34. The molecule has 0 bridgehead atoms. The van der Waals surface area contributed by atoms with E-state index in [1.165, 1.54) is 11.3 Å². The highest BCUT2D eigenvalue weighted by Crippen LogP contribution is 2.36. The number of benzene rings is 2. The van der Waals surface area contributed by atoms with Crippen molar-refractivity contribution in [3.8, 4) is 11.5 Å². The number of piperidine rings is 1. The fourth-order valence-electron chi connectivity index (χ4n) is 3.84. The van der Waals surface area contributed by atoms with Gasteiger partial charge < -0.3 is 20.8 Å². The number of halogens is 2. The van der Waals surface area contributed by atoms with Gasteiger partial charge in [-0.25, -0.2) is 15.0 Å². The number of nitrogens with one attached hydrogen (secondary N) is 3. The summed E-state index contributed by atoms with van der Waals surface area (Å²) in [4.78, 5) is 9.03. The van der Waals surface area contributed by atoms with Crippen LogP contribution >= 0.6 is 54.5 Å². The van der Waals surface area contributed by atoms with Crippen LogP contribution in [0, 0.1) is 0 Å². The van der Waals surface area contributed by atoms with Crippen molar-refractivity contribution >= 4 is 85.2 Å². The summed E-state index contributed by atoms with van der Waals surface area (Å²) >= 11 is 9.91. The molecule has 0 saturated carbocycles. The summed E-state index contributed by atoms with van der Waals surface area (Å²) in [5.74, 6) is 0.389. The molecule has 1 aliphatic rings. The van der Waals surface area contributed by atoms with Crippen LogP contribution in [0.1, 0.15) is 12.8 Å². The first-order chi connectivity index (χ1) is 15.9. The Morgan fingerprint density at radius 3 is 2.09 bits per heavy atom. The molecule has 0 amide bonds. The van der Waals surface area contributed by atoms with Crippen molar-refractivity contribution in [1.29, 1.82) is 0 Å².